The van der Waals surface area contributed by atoms with Gasteiger partial charge in [-0.05, 0) is 36.8 Å². The summed E-state index contributed by atoms with van der Waals surface area (Å²) in [4.78, 5) is 19.3. The topological polar surface area (TPSA) is 68.9 Å². The minimum Gasteiger partial charge on any atom is -0.364 e. The molecule has 4 nitrogen and oxygen atoms in total. The van der Waals surface area contributed by atoms with Gasteiger partial charge in [0.1, 0.15) is 5.69 Å². The Bertz CT molecular complexity index is 563. The van der Waals surface area contributed by atoms with Gasteiger partial charge in [-0.25, -0.2) is 9.97 Å². The van der Waals surface area contributed by atoms with E-state index in [1.54, 1.807) is 0 Å². The van der Waals surface area contributed by atoms with Crippen LogP contribution in [-0.4, -0.2) is 15.9 Å². The van der Waals surface area contributed by atoms with Crippen molar-refractivity contribution in [3.8, 4) is 11.4 Å². The SMILES string of the molecule is Cc1cc(Br)cc(-c2nccc(C(N)=O)n2)c1. The van der Waals surface area contributed by atoms with E-state index in [0.29, 0.717) is 5.82 Å². The van der Waals surface area contributed by atoms with Crippen LogP contribution in [0.15, 0.2) is 34.9 Å². The Kier molecular flexibility index (Phi) is 3.19. The first-order valence-corrected chi connectivity index (χ1v) is 5.76. The Morgan fingerprint density at radius 2 is 2.12 bits per heavy atom. The summed E-state index contributed by atoms with van der Waals surface area (Å²) in [5.74, 6) is -0.0638. The van der Waals surface area contributed by atoms with E-state index in [9.17, 15) is 4.79 Å². The summed E-state index contributed by atoms with van der Waals surface area (Å²) >= 11 is 3.41. The van der Waals surface area contributed by atoms with E-state index in [2.05, 4.69) is 25.9 Å². The Morgan fingerprint density at radius 1 is 1.35 bits per heavy atom. The van der Waals surface area contributed by atoms with Crippen molar-refractivity contribution in [2.75, 3.05) is 0 Å². The van der Waals surface area contributed by atoms with E-state index in [-0.39, 0.29) is 5.69 Å². The Morgan fingerprint density at radius 3 is 2.76 bits per heavy atom. The van der Waals surface area contributed by atoms with Crippen molar-refractivity contribution < 1.29 is 4.79 Å². The molecule has 1 aromatic carbocycles. The zero-order chi connectivity index (χ0) is 12.4. The van der Waals surface area contributed by atoms with Gasteiger partial charge in [0, 0.05) is 16.2 Å². The van der Waals surface area contributed by atoms with Gasteiger partial charge in [-0.3, -0.25) is 4.79 Å². The average molecular weight is 292 g/mol. The molecule has 0 unspecified atom stereocenters. The lowest BCUT2D eigenvalue weighted by atomic mass is 10.1. The van der Waals surface area contributed by atoms with E-state index in [0.717, 1.165) is 15.6 Å². The van der Waals surface area contributed by atoms with Gasteiger partial charge in [0.15, 0.2) is 5.82 Å². The maximum absolute atomic E-state index is 11.0. The molecule has 2 rings (SSSR count). The van der Waals surface area contributed by atoms with Crippen LogP contribution in [0.1, 0.15) is 16.1 Å². The van der Waals surface area contributed by atoms with Crippen LogP contribution in [0.5, 0.6) is 0 Å². The number of primary amides is 1. The highest BCUT2D eigenvalue weighted by molar-refractivity contribution is 9.10. The fraction of sp³-hybridized carbons (Fsp3) is 0.0833. The Hall–Kier alpha value is -1.75. The van der Waals surface area contributed by atoms with Gasteiger partial charge in [0.2, 0.25) is 0 Å². The lowest BCUT2D eigenvalue weighted by molar-refractivity contribution is 0.0995. The van der Waals surface area contributed by atoms with Gasteiger partial charge in [-0.15, -0.1) is 0 Å². The quantitative estimate of drug-likeness (QED) is 0.923. The number of nitrogens with two attached hydrogens (primary N) is 1. The van der Waals surface area contributed by atoms with E-state index >= 15 is 0 Å². The molecule has 2 aromatic rings. The van der Waals surface area contributed by atoms with Crippen LogP contribution < -0.4 is 5.73 Å². The van der Waals surface area contributed by atoms with Crippen LogP contribution in [-0.2, 0) is 0 Å². The largest absolute Gasteiger partial charge is 0.364 e. The molecule has 0 radical (unpaired) electrons. The van der Waals surface area contributed by atoms with Gasteiger partial charge >= 0.3 is 0 Å². The van der Waals surface area contributed by atoms with E-state index in [1.165, 1.54) is 12.3 Å². The summed E-state index contributed by atoms with van der Waals surface area (Å²) in [6, 6.07) is 7.33. The molecule has 0 fully saturated rings. The standard InChI is InChI=1S/C12H10BrN3O/c1-7-4-8(6-9(13)5-7)12-15-3-2-10(16-12)11(14)17/h2-6H,1H3,(H2,14,17). The Labute approximate surface area is 107 Å². The molecule has 1 amide bonds. The lowest BCUT2D eigenvalue weighted by Crippen LogP contribution is -2.13. The van der Waals surface area contributed by atoms with Gasteiger partial charge in [0.05, 0.1) is 0 Å². The first kappa shape index (κ1) is 11.7. The highest BCUT2D eigenvalue weighted by Gasteiger charge is 2.07. The third-order valence-corrected chi connectivity index (χ3v) is 2.67. The first-order chi connectivity index (χ1) is 8.06. The molecule has 0 aliphatic rings. The summed E-state index contributed by atoms with van der Waals surface area (Å²) in [6.45, 7) is 1.98. The number of benzene rings is 1. The number of carbonyl (C=O) groups excluding carboxylic acids is 1. The van der Waals surface area contributed by atoms with Crippen LogP contribution in [0.2, 0.25) is 0 Å². The smallest absolute Gasteiger partial charge is 0.267 e. The van der Waals surface area contributed by atoms with Crippen molar-refractivity contribution >= 4 is 21.8 Å². The molecule has 0 bridgehead atoms. The summed E-state index contributed by atoms with van der Waals surface area (Å²) in [7, 11) is 0. The molecular weight excluding hydrogens is 282 g/mol. The fourth-order valence-electron chi connectivity index (χ4n) is 1.50. The van der Waals surface area contributed by atoms with E-state index in [1.807, 2.05) is 25.1 Å². The highest BCUT2D eigenvalue weighted by atomic mass is 79.9. The number of hydrogen-bond acceptors (Lipinski definition) is 3. The molecule has 1 heterocycles. The van der Waals surface area contributed by atoms with Crippen LogP contribution in [0.25, 0.3) is 11.4 Å². The van der Waals surface area contributed by atoms with Crippen molar-refractivity contribution in [1.29, 1.82) is 0 Å². The molecular formula is C12H10BrN3O. The molecule has 0 aliphatic heterocycles. The van der Waals surface area contributed by atoms with Crippen LogP contribution in [0.3, 0.4) is 0 Å². The van der Waals surface area contributed by atoms with Gasteiger partial charge in [-0.1, -0.05) is 15.9 Å². The molecule has 86 valence electrons. The summed E-state index contributed by atoms with van der Waals surface area (Å²) < 4.78 is 0.945. The molecule has 17 heavy (non-hydrogen) atoms. The third kappa shape index (κ3) is 2.68. The van der Waals surface area contributed by atoms with E-state index < -0.39 is 5.91 Å². The van der Waals surface area contributed by atoms with Crippen molar-refractivity contribution in [3.63, 3.8) is 0 Å². The monoisotopic (exact) mass is 291 g/mol. The van der Waals surface area contributed by atoms with Crippen LogP contribution in [0.4, 0.5) is 0 Å². The number of carbonyl (C=O) groups is 1. The summed E-state index contributed by atoms with van der Waals surface area (Å²) in [6.07, 6.45) is 1.53. The maximum Gasteiger partial charge on any atom is 0.267 e. The summed E-state index contributed by atoms with van der Waals surface area (Å²) in [5.41, 5.74) is 7.33. The minimum absolute atomic E-state index is 0.215. The fourth-order valence-corrected chi connectivity index (χ4v) is 2.11. The Balaban J connectivity index is 2.52. The second-order valence-corrected chi connectivity index (χ2v) is 4.56. The lowest BCUT2D eigenvalue weighted by Gasteiger charge is -2.03. The minimum atomic E-state index is -0.555. The predicted molar refractivity (Wildman–Crippen MR) is 68.4 cm³/mol. The van der Waals surface area contributed by atoms with Crippen molar-refractivity contribution in [2.24, 2.45) is 5.73 Å². The van der Waals surface area contributed by atoms with Crippen LogP contribution in [0, 0.1) is 6.92 Å². The molecule has 1 aromatic heterocycles. The number of nitrogens with zero attached hydrogens (tertiary/aromatic N) is 2. The zero-order valence-electron chi connectivity index (χ0n) is 9.14. The van der Waals surface area contributed by atoms with Crippen molar-refractivity contribution in [2.45, 2.75) is 6.92 Å². The van der Waals surface area contributed by atoms with Crippen molar-refractivity contribution in [1.82, 2.24) is 9.97 Å². The molecule has 2 N–H and O–H groups in total. The second kappa shape index (κ2) is 4.63. The average Bonchev–Trinajstić information content (AvgIpc) is 2.28. The molecule has 0 saturated carbocycles. The van der Waals surface area contributed by atoms with Gasteiger partial charge < -0.3 is 5.73 Å². The highest BCUT2D eigenvalue weighted by Crippen LogP contribution is 2.22. The number of rotatable bonds is 2. The van der Waals surface area contributed by atoms with Gasteiger partial charge in [-0.2, -0.15) is 0 Å². The molecule has 0 atom stereocenters. The third-order valence-electron chi connectivity index (χ3n) is 2.21. The normalized spacial score (nSPS) is 10.2. The van der Waals surface area contributed by atoms with E-state index in [4.69, 9.17) is 5.73 Å². The number of hydrogen-bond donors (Lipinski definition) is 1. The van der Waals surface area contributed by atoms with Crippen LogP contribution >= 0.6 is 15.9 Å². The molecule has 5 heteroatoms. The number of aromatic nitrogens is 2. The zero-order valence-corrected chi connectivity index (χ0v) is 10.7. The van der Waals surface area contributed by atoms with Crippen molar-refractivity contribution in [3.05, 3.63) is 46.2 Å². The number of aryl methyl sites for hydroxylation is 1. The summed E-state index contributed by atoms with van der Waals surface area (Å²) in [5, 5.41) is 0. The number of halogens is 1. The molecule has 0 saturated heterocycles. The molecule has 0 spiro atoms. The second-order valence-electron chi connectivity index (χ2n) is 3.65. The maximum atomic E-state index is 11.0. The van der Waals surface area contributed by atoms with Gasteiger partial charge in [0.25, 0.3) is 5.91 Å². The first-order valence-electron chi connectivity index (χ1n) is 4.96. The number of amides is 1. The molecule has 0 aliphatic carbocycles. The predicted octanol–water partition coefficient (Wildman–Crippen LogP) is 2.31.